The molecule has 1 saturated carbocycles. The van der Waals surface area contributed by atoms with E-state index >= 15 is 0 Å². The maximum atomic E-state index is 12.8. The number of hydrogen-bond donors (Lipinski definition) is 2. The number of methoxy groups -OCH3 is 1. The molecule has 8 heteroatoms. The summed E-state index contributed by atoms with van der Waals surface area (Å²) >= 11 is 0. The highest BCUT2D eigenvalue weighted by atomic mass is 16.6. The normalized spacial score (nSPS) is 17.5. The van der Waals surface area contributed by atoms with E-state index in [0.29, 0.717) is 11.1 Å². The summed E-state index contributed by atoms with van der Waals surface area (Å²) in [5.41, 5.74) is -0.981. The predicted molar refractivity (Wildman–Crippen MR) is 125 cm³/mol. The van der Waals surface area contributed by atoms with Crippen LogP contribution in [0.15, 0.2) is 24.3 Å². The second-order valence-corrected chi connectivity index (χ2v) is 9.52. The van der Waals surface area contributed by atoms with E-state index in [0.717, 1.165) is 12.7 Å². The molecular weight excluding hydrogens is 436 g/mol. The Morgan fingerprint density at radius 2 is 1.74 bits per heavy atom. The third-order valence-corrected chi connectivity index (χ3v) is 4.95. The molecule has 1 aromatic rings. The van der Waals surface area contributed by atoms with Crippen LogP contribution in [-0.2, 0) is 19.1 Å². The van der Waals surface area contributed by atoms with Gasteiger partial charge in [-0.15, -0.1) is 0 Å². The lowest BCUT2D eigenvalue weighted by Crippen LogP contribution is -2.62. The molecule has 1 fully saturated rings. The van der Waals surface area contributed by atoms with Crippen LogP contribution in [0.3, 0.4) is 0 Å². The predicted octanol–water partition coefficient (Wildman–Crippen LogP) is 2.45. The number of ether oxygens (including phenoxy) is 2. The third kappa shape index (κ3) is 7.97. The van der Waals surface area contributed by atoms with Crippen LogP contribution < -0.4 is 10.6 Å². The van der Waals surface area contributed by atoms with Crippen molar-refractivity contribution in [3.63, 3.8) is 0 Å². The number of carbonyl (C=O) groups excluding carboxylic acids is 4. The highest BCUT2D eigenvalue weighted by Gasteiger charge is 2.40. The quantitative estimate of drug-likeness (QED) is 0.379. The Bertz CT molecular complexity index is 1060. The van der Waals surface area contributed by atoms with Gasteiger partial charge in [0.15, 0.2) is 0 Å². The molecular formula is C26H30N2O6. The molecule has 1 aromatic carbocycles. The van der Waals surface area contributed by atoms with E-state index in [1.807, 2.05) is 0 Å². The van der Waals surface area contributed by atoms with E-state index in [2.05, 4.69) is 34.3 Å². The van der Waals surface area contributed by atoms with Crippen LogP contribution in [0.5, 0.6) is 0 Å². The average molecular weight is 467 g/mol. The number of carbonyl (C=O) groups is 4. The van der Waals surface area contributed by atoms with Gasteiger partial charge in [0.2, 0.25) is 0 Å². The van der Waals surface area contributed by atoms with Crippen molar-refractivity contribution in [3.05, 3.63) is 35.4 Å². The van der Waals surface area contributed by atoms with Crippen molar-refractivity contribution in [2.75, 3.05) is 7.11 Å². The molecule has 0 bridgehead atoms. The number of alkyl carbamates (subject to hydrolysis) is 1. The first-order chi connectivity index (χ1) is 15.9. The zero-order valence-electron chi connectivity index (χ0n) is 20.3. The summed E-state index contributed by atoms with van der Waals surface area (Å²) in [5.74, 6) is 10.2. The zero-order chi connectivity index (χ0) is 25.5. The Kier molecular flexibility index (Phi) is 8.48. The minimum Gasteiger partial charge on any atom is -0.467 e. The highest BCUT2D eigenvalue weighted by Crippen LogP contribution is 2.35. The van der Waals surface area contributed by atoms with Gasteiger partial charge < -0.3 is 24.9 Å². The van der Waals surface area contributed by atoms with Crippen LogP contribution in [0.4, 0.5) is 4.79 Å². The lowest BCUT2D eigenvalue weighted by Gasteiger charge is -2.34. The van der Waals surface area contributed by atoms with Crippen LogP contribution in [-0.4, -0.2) is 48.5 Å². The molecule has 0 aliphatic heterocycles. The van der Waals surface area contributed by atoms with Crippen LogP contribution in [0.1, 0.15) is 57.0 Å². The van der Waals surface area contributed by atoms with E-state index in [1.165, 1.54) is 7.11 Å². The Hall–Kier alpha value is -3.78. The van der Waals surface area contributed by atoms with Gasteiger partial charge in [-0.1, -0.05) is 11.8 Å². The second-order valence-electron chi connectivity index (χ2n) is 9.52. The van der Waals surface area contributed by atoms with Gasteiger partial charge in [-0.3, -0.25) is 4.79 Å². The molecule has 2 rings (SSSR count). The molecule has 2 N–H and O–H groups in total. The summed E-state index contributed by atoms with van der Waals surface area (Å²) in [6, 6.07) is 5.28. The van der Waals surface area contributed by atoms with Gasteiger partial charge in [0.25, 0.3) is 5.91 Å². The molecule has 0 radical (unpaired) electrons. The van der Waals surface area contributed by atoms with Crippen molar-refractivity contribution in [2.45, 2.75) is 58.2 Å². The molecule has 0 spiro atoms. The van der Waals surface area contributed by atoms with Crippen molar-refractivity contribution < 1.29 is 28.7 Å². The van der Waals surface area contributed by atoms with Gasteiger partial charge in [0.05, 0.1) is 12.6 Å². The van der Waals surface area contributed by atoms with Crippen LogP contribution in [0.25, 0.3) is 0 Å². The molecule has 3 atom stereocenters. The van der Waals surface area contributed by atoms with Gasteiger partial charge in [-0.25, -0.2) is 9.59 Å². The maximum absolute atomic E-state index is 12.8. The van der Waals surface area contributed by atoms with E-state index in [1.54, 1.807) is 58.9 Å². The average Bonchev–Trinajstić information content (AvgIpc) is 3.51. The lowest BCUT2D eigenvalue weighted by atomic mass is 9.94. The summed E-state index contributed by atoms with van der Waals surface area (Å²) in [4.78, 5) is 48.0. The van der Waals surface area contributed by atoms with Gasteiger partial charge in [0, 0.05) is 23.0 Å². The number of aldehydes is 1. The summed E-state index contributed by atoms with van der Waals surface area (Å²) in [6.07, 6.45) is 0.976. The van der Waals surface area contributed by atoms with Crippen molar-refractivity contribution in [3.8, 4) is 23.7 Å². The second kappa shape index (κ2) is 10.9. The molecule has 180 valence electrons. The molecule has 0 heterocycles. The molecule has 2 amide bonds. The van der Waals surface area contributed by atoms with Gasteiger partial charge in [-0.2, -0.15) is 0 Å². The molecule has 2 unspecified atom stereocenters. The number of benzene rings is 1. The maximum Gasteiger partial charge on any atom is 0.408 e. The Balaban J connectivity index is 2.07. The number of esters is 1. The summed E-state index contributed by atoms with van der Waals surface area (Å²) in [5, 5.41) is 5.24. The lowest BCUT2D eigenvalue weighted by molar-refractivity contribution is -0.144. The fraction of sp³-hybridized carbons (Fsp3) is 0.462. The molecule has 0 saturated heterocycles. The molecule has 0 aromatic heterocycles. The molecule has 34 heavy (non-hydrogen) atoms. The number of amides is 2. The first-order valence-electron chi connectivity index (χ1n) is 10.8. The fourth-order valence-corrected chi connectivity index (χ4v) is 2.97. The van der Waals surface area contributed by atoms with Crippen molar-refractivity contribution in [1.29, 1.82) is 0 Å². The number of hydrogen-bond acceptors (Lipinski definition) is 6. The van der Waals surface area contributed by atoms with Crippen molar-refractivity contribution in [1.82, 2.24) is 10.6 Å². The van der Waals surface area contributed by atoms with E-state index in [9.17, 15) is 19.2 Å². The fourth-order valence-electron chi connectivity index (χ4n) is 2.97. The summed E-state index contributed by atoms with van der Waals surface area (Å²) in [6.45, 7) is 8.32. The van der Waals surface area contributed by atoms with Gasteiger partial charge >= 0.3 is 12.1 Å². The largest absolute Gasteiger partial charge is 0.467 e. The van der Waals surface area contributed by atoms with Crippen LogP contribution >= 0.6 is 0 Å². The SMILES string of the molecule is COC(=O)[C@@H](NC(=O)c1ccc(C#CC#CC2CC2C=O)cc1)C(C)(C)NC(=O)OC(C)(C)C. The van der Waals surface area contributed by atoms with E-state index in [4.69, 9.17) is 9.47 Å². The minimum absolute atomic E-state index is 0.0326. The number of rotatable bonds is 6. The smallest absolute Gasteiger partial charge is 0.408 e. The van der Waals surface area contributed by atoms with E-state index in [-0.39, 0.29) is 11.8 Å². The first-order valence-corrected chi connectivity index (χ1v) is 10.8. The third-order valence-electron chi connectivity index (χ3n) is 4.95. The Morgan fingerprint density at radius 3 is 2.26 bits per heavy atom. The first kappa shape index (κ1) is 26.5. The Labute approximate surface area is 200 Å². The zero-order valence-corrected chi connectivity index (χ0v) is 20.3. The van der Waals surface area contributed by atoms with Gasteiger partial charge in [-0.05, 0) is 77.1 Å². The van der Waals surface area contributed by atoms with Crippen molar-refractivity contribution >= 4 is 24.3 Å². The molecule has 1 aliphatic rings. The standard InChI is InChI=1S/C26H30N2O6/c1-25(2,3)34-24(32)28-26(4,5)21(23(31)33-6)27-22(30)18-13-11-17(12-14-18)9-7-8-10-19-15-20(19)16-29/h11-14,16,19-21H,15H2,1-6H3,(H,27,30)(H,28,32)/t19?,20?,21-/m1/s1. The van der Waals surface area contributed by atoms with Crippen LogP contribution in [0, 0.1) is 35.5 Å². The monoisotopic (exact) mass is 466 g/mol. The Morgan fingerprint density at radius 1 is 1.09 bits per heavy atom. The van der Waals surface area contributed by atoms with Crippen molar-refractivity contribution in [2.24, 2.45) is 11.8 Å². The minimum atomic E-state index is -1.21. The molecule has 1 aliphatic carbocycles. The summed E-state index contributed by atoms with van der Waals surface area (Å²) in [7, 11) is 1.20. The molecule has 8 nitrogen and oxygen atoms in total. The van der Waals surface area contributed by atoms with Crippen LogP contribution in [0.2, 0.25) is 0 Å². The topological polar surface area (TPSA) is 111 Å². The number of nitrogens with one attached hydrogen (secondary N) is 2. The van der Waals surface area contributed by atoms with E-state index < -0.39 is 35.2 Å². The van der Waals surface area contributed by atoms with Gasteiger partial charge in [0.1, 0.15) is 17.9 Å². The highest BCUT2D eigenvalue weighted by molar-refractivity contribution is 5.97. The summed E-state index contributed by atoms with van der Waals surface area (Å²) < 4.78 is 10.1.